The molecule has 9 nitrogen and oxygen atoms in total. The minimum Gasteiger partial charge on any atom is -0.504 e. The van der Waals surface area contributed by atoms with Gasteiger partial charge in [-0.05, 0) is 37.3 Å². The molecule has 1 amide bonds. The molecule has 0 saturated carbocycles. The quantitative estimate of drug-likeness (QED) is 0.261. The van der Waals surface area contributed by atoms with Crippen LogP contribution in [0.5, 0.6) is 5.75 Å². The summed E-state index contributed by atoms with van der Waals surface area (Å²) in [4.78, 5) is 23.3. The van der Waals surface area contributed by atoms with Crippen LogP contribution < -0.4 is 11.2 Å². The highest BCUT2D eigenvalue weighted by molar-refractivity contribution is 6.04. The molecule has 0 spiro atoms. The number of anilines is 1. The predicted molar refractivity (Wildman–Crippen MR) is 113 cm³/mol. The number of benzene rings is 2. The number of hydrogen-bond acceptors (Lipinski definition) is 6. The average Bonchev–Trinajstić information content (AvgIpc) is 3.05. The van der Waals surface area contributed by atoms with E-state index in [0.717, 1.165) is 18.2 Å². The van der Waals surface area contributed by atoms with Crippen LogP contribution in [0, 0.1) is 0 Å². The Hall–Kier alpha value is -4.35. The SMILES string of the molecule is C/C(=N\NC(=O)c1ccc(C(=O)O)cc1N)c1nn(C)c(-c2ccc(C(F)(F)F)cc2)c1O. The summed E-state index contributed by atoms with van der Waals surface area (Å²) < 4.78 is 39.7. The van der Waals surface area contributed by atoms with Crippen LogP contribution in [0.1, 0.15) is 38.9 Å². The summed E-state index contributed by atoms with van der Waals surface area (Å²) in [5, 5.41) is 27.6. The number of nitrogen functional groups attached to an aromatic ring is 1. The molecule has 33 heavy (non-hydrogen) atoms. The van der Waals surface area contributed by atoms with Crippen molar-refractivity contribution in [1.82, 2.24) is 15.2 Å². The molecular weight excluding hydrogens is 443 g/mol. The Bertz CT molecular complexity index is 1260. The van der Waals surface area contributed by atoms with Crippen LogP contribution in [0.3, 0.4) is 0 Å². The highest BCUT2D eigenvalue weighted by atomic mass is 19.4. The van der Waals surface area contributed by atoms with E-state index >= 15 is 0 Å². The number of aromatic nitrogens is 2. The van der Waals surface area contributed by atoms with Crippen molar-refractivity contribution < 1.29 is 33.0 Å². The van der Waals surface area contributed by atoms with Crippen molar-refractivity contribution in [2.24, 2.45) is 12.1 Å². The molecule has 0 aliphatic carbocycles. The van der Waals surface area contributed by atoms with Crippen molar-refractivity contribution in [2.75, 3.05) is 5.73 Å². The second-order valence-electron chi connectivity index (χ2n) is 6.99. The van der Waals surface area contributed by atoms with Crippen molar-refractivity contribution >= 4 is 23.3 Å². The largest absolute Gasteiger partial charge is 0.504 e. The molecule has 0 fully saturated rings. The number of hydrazone groups is 1. The Kier molecular flexibility index (Phi) is 6.11. The molecule has 0 unspecified atom stereocenters. The molecule has 0 saturated heterocycles. The fourth-order valence-electron chi connectivity index (χ4n) is 3.05. The Morgan fingerprint density at radius 2 is 1.79 bits per heavy atom. The van der Waals surface area contributed by atoms with Crippen LogP contribution in [0.4, 0.5) is 18.9 Å². The lowest BCUT2D eigenvalue weighted by Gasteiger charge is -2.08. The number of carboxylic acids is 1. The predicted octanol–water partition coefficient (Wildman–Crippen LogP) is 3.25. The van der Waals surface area contributed by atoms with Gasteiger partial charge in [0.15, 0.2) is 11.4 Å². The van der Waals surface area contributed by atoms with E-state index in [1.165, 1.54) is 42.9 Å². The monoisotopic (exact) mass is 461 g/mol. The van der Waals surface area contributed by atoms with E-state index in [4.69, 9.17) is 10.8 Å². The maximum Gasteiger partial charge on any atom is 0.416 e. The standard InChI is InChI=1S/C21H18F3N5O4/c1-10(26-27-19(31)14-8-5-12(20(32)33)9-15(14)25)16-18(30)17(29(2)28-16)11-3-6-13(7-4-11)21(22,23)24/h3-9,30H,25H2,1-2H3,(H,27,31)(H,32,33)/b26-10+. The Morgan fingerprint density at radius 3 is 2.33 bits per heavy atom. The third kappa shape index (κ3) is 4.79. The number of nitrogens with zero attached hydrogens (tertiary/aromatic N) is 3. The number of nitrogens with one attached hydrogen (secondary N) is 1. The molecule has 3 aromatic rings. The van der Waals surface area contributed by atoms with E-state index in [-0.39, 0.29) is 39.7 Å². The number of carboxylic acid groups (broad SMARTS) is 1. The first-order valence-corrected chi connectivity index (χ1v) is 9.31. The number of rotatable bonds is 5. The minimum atomic E-state index is -4.49. The molecule has 0 bridgehead atoms. The van der Waals surface area contributed by atoms with Crippen LogP contribution >= 0.6 is 0 Å². The third-order valence-corrected chi connectivity index (χ3v) is 4.72. The molecule has 5 N–H and O–H groups in total. The fourth-order valence-corrected chi connectivity index (χ4v) is 3.05. The van der Waals surface area contributed by atoms with Gasteiger partial charge in [-0.15, -0.1) is 0 Å². The number of aromatic carboxylic acids is 1. The van der Waals surface area contributed by atoms with Gasteiger partial charge >= 0.3 is 12.1 Å². The Morgan fingerprint density at radius 1 is 1.15 bits per heavy atom. The second kappa shape index (κ2) is 8.65. The van der Waals surface area contributed by atoms with Crippen LogP contribution in [0.25, 0.3) is 11.3 Å². The minimum absolute atomic E-state index is 0.00175. The van der Waals surface area contributed by atoms with E-state index in [9.17, 15) is 27.9 Å². The lowest BCUT2D eigenvalue weighted by molar-refractivity contribution is -0.137. The average molecular weight is 461 g/mol. The van der Waals surface area contributed by atoms with Gasteiger partial charge in [-0.25, -0.2) is 10.2 Å². The Balaban J connectivity index is 1.84. The van der Waals surface area contributed by atoms with E-state index in [1.807, 2.05) is 0 Å². The molecular formula is C21H18F3N5O4. The van der Waals surface area contributed by atoms with Gasteiger partial charge in [0.1, 0.15) is 5.69 Å². The van der Waals surface area contributed by atoms with Gasteiger partial charge in [0.05, 0.1) is 22.4 Å². The summed E-state index contributed by atoms with van der Waals surface area (Å²) in [5.74, 6) is -2.25. The van der Waals surface area contributed by atoms with Crippen molar-refractivity contribution in [3.05, 3.63) is 64.8 Å². The number of hydrogen-bond donors (Lipinski definition) is 4. The highest BCUT2D eigenvalue weighted by Gasteiger charge is 2.30. The number of aryl methyl sites for hydroxylation is 1. The second-order valence-corrected chi connectivity index (χ2v) is 6.99. The molecule has 0 aliphatic heterocycles. The topological polar surface area (TPSA) is 143 Å². The van der Waals surface area contributed by atoms with Gasteiger partial charge in [-0.3, -0.25) is 9.48 Å². The lowest BCUT2D eigenvalue weighted by atomic mass is 10.1. The van der Waals surface area contributed by atoms with Crippen LogP contribution in [-0.4, -0.2) is 37.6 Å². The maximum atomic E-state index is 12.8. The fraction of sp³-hybridized carbons (Fsp3) is 0.143. The molecule has 0 radical (unpaired) electrons. The first-order chi connectivity index (χ1) is 15.4. The molecule has 2 aromatic carbocycles. The lowest BCUT2D eigenvalue weighted by Crippen LogP contribution is -2.21. The number of alkyl halides is 3. The van der Waals surface area contributed by atoms with Gasteiger partial charge in [-0.1, -0.05) is 12.1 Å². The zero-order chi connectivity index (χ0) is 24.5. The van der Waals surface area contributed by atoms with Crippen molar-refractivity contribution in [3.63, 3.8) is 0 Å². The van der Waals surface area contributed by atoms with Gasteiger partial charge in [0.25, 0.3) is 5.91 Å². The number of amides is 1. The van der Waals surface area contributed by atoms with Gasteiger partial charge in [0.2, 0.25) is 0 Å². The summed E-state index contributed by atoms with van der Waals surface area (Å²) in [6.07, 6.45) is -4.49. The van der Waals surface area contributed by atoms with Crippen LogP contribution in [0.2, 0.25) is 0 Å². The van der Waals surface area contributed by atoms with Gasteiger partial charge < -0.3 is 15.9 Å². The summed E-state index contributed by atoms with van der Waals surface area (Å²) in [5.41, 5.74) is 7.55. The Labute approximate surface area is 185 Å². The van der Waals surface area contributed by atoms with E-state index in [2.05, 4.69) is 15.6 Å². The van der Waals surface area contributed by atoms with Gasteiger partial charge in [0, 0.05) is 18.3 Å². The van der Waals surface area contributed by atoms with E-state index < -0.39 is 23.6 Å². The molecule has 0 atom stereocenters. The smallest absolute Gasteiger partial charge is 0.416 e. The van der Waals surface area contributed by atoms with Gasteiger partial charge in [-0.2, -0.15) is 23.4 Å². The zero-order valence-corrected chi connectivity index (χ0v) is 17.3. The number of nitrogens with two attached hydrogens (primary N) is 1. The summed E-state index contributed by atoms with van der Waals surface area (Å²) in [6.45, 7) is 1.45. The zero-order valence-electron chi connectivity index (χ0n) is 17.3. The molecule has 3 rings (SSSR count). The van der Waals surface area contributed by atoms with E-state index in [0.29, 0.717) is 5.56 Å². The molecule has 1 aromatic heterocycles. The summed E-state index contributed by atoms with van der Waals surface area (Å²) >= 11 is 0. The van der Waals surface area contributed by atoms with Crippen molar-refractivity contribution in [2.45, 2.75) is 13.1 Å². The molecule has 0 aliphatic rings. The molecule has 1 heterocycles. The first-order valence-electron chi connectivity index (χ1n) is 9.31. The van der Waals surface area contributed by atoms with Crippen LogP contribution in [0.15, 0.2) is 47.6 Å². The normalized spacial score (nSPS) is 12.0. The van der Waals surface area contributed by atoms with Crippen molar-refractivity contribution in [1.29, 1.82) is 0 Å². The molecule has 12 heteroatoms. The summed E-state index contributed by atoms with van der Waals surface area (Å²) in [7, 11) is 1.49. The number of halogens is 3. The maximum absolute atomic E-state index is 12.8. The third-order valence-electron chi connectivity index (χ3n) is 4.72. The number of carbonyl (C=O) groups is 2. The highest BCUT2D eigenvalue weighted by Crippen LogP contribution is 2.35. The summed E-state index contributed by atoms with van der Waals surface area (Å²) in [6, 6.07) is 7.79. The van der Waals surface area contributed by atoms with E-state index in [1.54, 1.807) is 0 Å². The van der Waals surface area contributed by atoms with Crippen LogP contribution in [-0.2, 0) is 13.2 Å². The number of carbonyl (C=O) groups excluding carboxylic acids is 1. The molecule has 172 valence electrons. The first kappa shape index (κ1) is 23.3. The van der Waals surface area contributed by atoms with Crippen molar-refractivity contribution in [3.8, 4) is 17.0 Å². The number of aromatic hydroxyl groups is 1.